The van der Waals surface area contributed by atoms with E-state index in [2.05, 4.69) is 33.3 Å². The molecule has 14 heavy (non-hydrogen) atoms. The van der Waals surface area contributed by atoms with Crippen LogP contribution in [0.3, 0.4) is 0 Å². The van der Waals surface area contributed by atoms with Crippen molar-refractivity contribution in [3.05, 3.63) is 28.6 Å². The molecule has 2 aromatic rings. The fourth-order valence-corrected chi connectivity index (χ4v) is 2.05. The SMILES string of the molecule is CNCc1cc(-c2ccsc2)nn1C. The van der Waals surface area contributed by atoms with E-state index in [4.69, 9.17) is 0 Å². The first-order valence-corrected chi connectivity index (χ1v) is 5.45. The van der Waals surface area contributed by atoms with Crippen molar-refractivity contribution < 1.29 is 0 Å². The van der Waals surface area contributed by atoms with E-state index < -0.39 is 0 Å². The molecule has 3 nitrogen and oxygen atoms in total. The molecular weight excluding hydrogens is 194 g/mol. The Bertz CT molecular complexity index is 403. The van der Waals surface area contributed by atoms with Crippen LogP contribution in [-0.4, -0.2) is 16.8 Å². The second-order valence-electron chi connectivity index (χ2n) is 3.19. The van der Waals surface area contributed by atoms with E-state index >= 15 is 0 Å². The van der Waals surface area contributed by atoms with E-state index in [1.165, 1.54) is 11.3 Å². The summed E-state index contributed by atoms with van der Waals surface area (Å²) >= 11 is 1.70. The number of nitrogens with zero attached hydrogens (tertiary/aromatic N) is 2. The van der Waals surface area contributed by atoms with Crippen LogP contribution in [0.1, 0.15) is 5.69 Å². The fraction of sp³-hybridized carbons (Fsp3) is 0.300. The van der Waals surface area contributed by atoms with Gasteiger partial charge in [0.25, 0.3) is 0 Å². The van der Waals surface area contributed by atoms with Crippen molar-refractivity contribution in [2.45, 2.75) is 6.54 Å². The molecule has 0 saturated carbocycles. The minimum atomic E-state index is 0.855. The van der Waals surface area contributed by atoms with E-state index in [-0.39, 0.29) is 0 Å². The summed E-state index contributed by atoms with van der Waals surface area (Å²) in [6, 6.07) is 4.22. The van der Waals surface area contributed by atoms with Gasteiger partial charge in [0.2, 0.25) is 0 Å². The van der Waals surface area contributed by atoms with Crippen molar-refractivity contribution in [2.75, 3.05) is 7.05 Å². The minimum absolute atomic E-state index is 0.855. The lowest BCUT2D eigenvalue weighted by atomic mass is 10.2. The lowest BCUT2D eigenvalue weighted by Gasteiger charge is -1.97. The van der Waals surface area contributed by atoms with E-state index in [0.717, 1.165) is 12.2 Å². The highest BCUT2D eigenvalue weighted by Crippen LogP contribution is 2.21. The van der Waals surface area contributed by atoms with E-state index in [1.54, 1.807) is 11.3 Å². The van der Waals surface area contributed by atoms with Gasteiger partial charge in [-0.1, -0.05) is 0 Å². The van der Waals surface area contributed by atoms with Crippen LogP contribution in [0, 0.1) is 0 Å². The normalized spacial score (nSPS) is 10.7. The summed E-state index contributed by atoms with van der Waals surface area (Å²) in [5.74, 6) is 0. The predicted molar refractivity (Wildman–Crippen MR) is 59.3 cm³/mol. The molecule has 2 heterocycles. The molecule has 4 heteroatoms. The molecule has 0 aliphatic carbocycles. The first-order chi connectivity index (χ1) is 6.81. The standard InChI is InChI=1S/C10H13N3S/c1-11-6-9-5-10(12-13(9)2)8-3-4-14-7-8/h3-5,7,11H,6H2,1-2H3. The Morgan fingerprint density at radius 1 is 1.57 bits per heavy atom. The van der Waals surface area contributed by atoms with Crippen molar-refractivity contribution in [1.29, 1.82) is 0 Å². The summed E-state index contributed by atoms with van der Waals surface area (Å²) in [4.78, 5) is 0. The molecule has 0 fully saturated rings. The van der Waals surface area contributed by atoms with Crippen LogP contribution in [0.4, 0.5) is 0 Å². The molecule has 0 aliphatic rings. The van der Waals surface area contributed by atoms with Crippen LogP contribution in [0.25, 0.3) is 11.3 Å². The summed E-state index contributed by atoms with van der Waals surface area (Å²) in [7, 11) is 3.92. The van der Waals surface area contributed by atoms with E-state index in [0.29, 0.717) is 0 Å². The van der Waals surface area contributed by atoms with Crippen molar-refractivity contribution in [3.63, 3.8) is 0 Å². The second kappa shape index (κ2) is 3.94. The molecule has 74 valence electrons. The minimum Gasteiger partial charge on any atom is -0.314 e. The van der Waals surface area contributed by atoms with Crippen molar-refractivity contribution >= 4 is 11.3 Å². The third-order valence-corrected chi connectivity index (χ3v) is 2.83. The zero-order chi connectivity index (χ0) is 9.97. The maximum atomic E-state index is 4.46. The lowest BCUT2D eigenvalue weighted by molar-refractivity contribution is 0.673. The van der Waals surface area contributed by atoms with Crippen LogP contribution in [0.5, 0.6) is 0 Å². The van der Waals surface area contributed by atoms with Crippen molar-refractivity contribution in [1.82, 2.24) is 15.1 Å². The Balaban J connectivity index is 2.33. The molecule has 0 bridgehead atoms. The van der Waals surface area contributed by atoms with Crippen LogP contribution < -0.4 is 5.32 Å². The van der Waals surface area contributed by atoms with Crippen LogP contribution in [0.2, 0.25) is 0 Å². The van der Waals surface area contributed by atoms with Gasteiger partial charge in [0.05, 0.1) is 11.4 Å². The average Bonchev–Trinajstić information content (AvgIpc) is 2.76. The highest BCUT2D eigenvalue weighted by atomic mass is 32.1. The maximum absolute atomic E-state index is 4.46. The molecule has 1 N–H and O–H groups in total. The highest BCUT2D eigenvalue weighted by molar-refractivity contribution is 7.08. The largest absolute Gasteiger partial charge is 0.314 e. The van der Waals surface area contributed by atoms with Gasteiger partial charge in [0.15, 0.2) is 0 Å². The van der Waals surface area contributed by atoms with Crippen LogP contribution in [-0.2, 0) is 13.6 Å². The fourth-order valence-electron chi connectivity index (χ4n) is 1.40. The number of aromatic nitrogens is 2. The Morgan fingerprint density at radius 2 is 2.43 bits per heavy atom. The molecule has 0 atom stereocenters. The molecule has 0 aromatic carbocycles. The number of hydrogen-bond acceptors (Lipinski definition) is 3. The van der Waals surface area contributed by atoms with Gasteiger partial charge in [-0.05, 0) is 24.6 Å². The van der Waals surface area contributed by atoms with Gasteiger partial charge in [-0.3, -0.25) is 4.68 Å². The summed E-state index contributed by atoms with van der Waals surface area (Å²) in [6.07, 6.45) is 0. The Morgan fingerprint density at radius 3 is 3.07 bits per heavy atom. The summed E-state index contributed by atoms with van der Waals surface area (Å²) in [5.41, 5.74) is 3.46. The zero-order valence-corrected chi connectivity index (χ0v) is 9.14. The second-order valence-corrected chi connectivity index (χ2v) is 3.97. The molecule has 2 aromatic heterocycles. The molecule has 0 radical (unpaired) electrons. The van der Waals surface area contributed by atoms with Gasteiger partial charge in [0, 0.05) is 24.5 Å². The van der Waals surface area contributed by atoms with Gasteiger partial charge in [-0.15, -0.1) is 0 Å². The van der Waals surface area contributed by atoms with Crippen molar-refractivity contribution in [3.8, 4) is 11.3 Å². The third kappa shape index (κ3) is 1.71. The molecule has 2 rings (SSSR count). The Kier molecular flexibility index (Phi) is 2.65. The van der Waals surface area contributed by atoms with Gasteiger partial charge in [-0.2, -0.15) is 16.4 Å². The van der Waals surface area contributed by atoms with Crippen molar-refractivity contribution in [2.24, 2.45) is 7.05 Å². The summed E-state index contributed by atoms with van der Waals surface area (Å²) in [6.45, 7) is 0.855. The topological polar surface area (TPSA) is 29.9 Å². The molecular formula is C10H13N3S. The predicted octanol–water partition coefficient (Wildman–Crippen LogP) is 1.87. The first kappa shape index (κ1) is 9.43. The Labute approximate surface area is 87.4 Å². The first-order valence-electron chi connectivity index (χ1n) is 4.51. The number of rotatable bonds is 3. The maximum Gasteiger partial charge on any atom is 0.0934 e. The van der Waals surface area contributed by atoms with Crippen LogP contribution in [0.15, 0.2) is 22.9 Å². The highest BCUT2D eigenvalue weighted by Gasteiger charge is 2.06. The third-order valence-electron chi connectivity index (χ3n) is 2.15. The van der Waals surface area contributed by atoms with Gasteiger partial charge < -0.3 is 5.32 Å². The monoisotopic (exact) mass is 207 g/mol. The quantitative estimate of drug-likeness (QED) is 0.832. The average molecular weight is 207 g/mol. The Hall–Kier alpha value is -1.13. The number of hydrogen-bond donors (Lipinski definition) is 1. The molecule has 0 amide bonds. The molecule has 0 saturated heterocycles. The molecule has 0 unspecified atom stereocenters. The molecule has 0 aliphatic heterocycles. The van der Waals surface area contributed by atoms with Gasteiger partial charge in [-0.25, -0.2) is 0 Å². The lowest BCUT2D eigenvalue weighted by Crippen LogP contribution is -2.09. The van der Waals surface area contributed by atoms with E-state index in [9.17, 15) is 0 Å². The number of aryl methyl sites for hydroxylation is 1. The summed E-state index contributed by atoms with van der Waals surface area (Å²) < 4.78 is 1.92. The molecule has 0 spiro atoms. The van der Waals surface area contributed by atoms with Gasteiger partial charge in [0.1, 0.15) is 0 Å². The van der Waals surface area contributed by atoms with Gasteiger partial charge >= 0.3 is 0 Å². The number of nitrogens with one attached hydrogen (secondary N) is 1. The number of thiophene rings is 1. The van der Waals surface area contributed by atoms with E-state index in [1.807, 2.05) is 18.8 Å². The zero-order valence-electron chi connectivity index (χ0n) is 8.32. The van der Waals surface area contributed by atoms with Crippen LogP contribution >= 0.6 is 11.3 Å². The smallest absolute Gasteiger partial charge is 0.0934 e. The summed E-state index contributed by atoms with van der Waals surface area (Å²) in [5, 5.41) is 11.8.